The summed E-state index contributed by atoms with van der Waals surface area (Å²) in [5.41, 5.74) is 1.22. The fourth-order valence-corrected chi connectivity index (χ4v) is 1.78. The smallest absolute Gasteiger partial charge is 0.119 e. The van der Waals surface area contributed by atoms with Crippen LogP contribution in [0.3, 0.4) is 0 Å². The lowest BCUT2D eigenvalue weighted by Crippen LogP contribution is -2.39. The molecule has 1 N–H and O–H groups in total. The van der Waals surface area contributed by atoms with Gasteiger partial charge in [-0.25, -0.2) is 0 Å². The molecule has 1 unspecified atom stereocenters. The van der Waals surface area contributed by atoms with Gasteiger partial charge in [-0.1, -0.05) is 26.0 Å². The van der Waals surface area contributed by atoms with Gasteiger partial charge in [0.05, 0.1) is 6.61 Å². The van der Waals surface area contributed by atoms with Crippen LogP contribution in [0.25, 0.3) is 0 Å². The number of nitrogens with one attached hydrogen (secondary N) is 1. The third-order valence-corrected chi connectivity index (χ3v) is 2.92. The average molecular weight is 251 g/mol. The van der Waals surface area contributed by atoms with Crippen molar-refractivity contribution in [2.45, 2.75) is 26.8 Å². The van der Waals surface area contributed by atoms with Gasteiger partial charge in [0.25, 0.3) is 0 Å². The van der Waals surface area contributed by atoms with Gasteiger partial charge in [-0.2, -0.15) is 0 Å². The standard InChI is InChI=1S/C15H25NO2/c1-12(2)15(11-17-4)16-8-9-18-14-7-5-6-13(3)10-14/h5-7,10,12,15-16H,8-9,11H2,1-4H3. The maximum atomic E-state index is 5.69. The summed E-state index contributed by atoms with van der Waals surface area (Å²) in [6.45, 7) is 8.70. The van der Waals surface area contributed by atoms with E-state index in [0.29, 0.717) is 18.6 Å². The van der Waals surface area contributed by atoms with Crippen molar-refractivity contribution < 1.29 is 9.47 Å². The molecule has 1 rings (SSSR count). The van der Waals surface area contributed by atoms with Crippen LogP contribution < -0.4 is 10.1 Å². The molecule has 0 aliphatic rings. The molecule has 1 aromatic rings. The van der Waals surface area contributed by atoms with E-state index in [1.165, 1.54) is 5.56 Å². The van der Waals surface area contributed by atoms with Crippen molar-refractivity contribution in [1.82, 2.24) is 5.32 Å². The molecule has 0 aliphatic carbocycles. The van der Waals surface area contributed by atoms with Gasteiger partial charge in [0.15, 0.2) is 0 Å². The van der Waals surface area contributed by atoms with E-state index < -0.39 is 0 Å². The molecule has 0 bridgehead atoms. The Kier molecular flexibility index (Phi) is 6.76. The zero-order valence-corrected chi connectivity index (χ0v) is 11.9. The SMILES string of the molecule is COCC(NCCOc1cccc(C)c1)C(C)C. The first-order valence-electron chi connectivity index (χ1n) is 6.55. The molecule has 18 heavy (non-hydrogen) atoms. The quantitative estimate of drug-likeness (QED) is 0.720. The predicted octanol–water partition coefficient (Wildman–Crippen LogP) is 2.63. The molecule has 0 spiro atoms. The lowest BCUT2D eigenvalue weighted by Gasteiger charge is -2.21. The summed E-state index contributed by atoms with van der Waals surface area (Å²) in [6, 6.07) is 8.51. The molecule has 3 nitrogen and oxygen atoms in total. The number of benzene rings is 1. The van der Waals surface area contributed by atoms with E-state index in [1.54, 1.807) is 7.11 Å². The number of hydrogen-bond donors (Lipinski definition) is 1. The van der Waals surface area contributed by atoms with Gasteiger partial charge in [-0.3, -0.25) is 0 Å². The normalized spacial score (nSPS) is 12.7. The van der Waals surface area contributed by atoms with Crippen LogP contribution in [-0.4, -0.2) is 32.9 Å². The van der Waals surface area contributed by atoms with Crippen LogP contribution in [0, 0.1) is 12.8 Å². The Morgan fingerprint density at radius 3 is 2.67 bits per heavy atom. The van der Waals surface area contributed by atoms with Gasteiger partial charge in [0.1, 0.15) is 12.4 Å². The molecule has 0 heterocycles. The Hall–Kier alpha value is -1.06. The number of ether oxygens (including phenoxy) is 2. The van der Waals surface area contributed by atoms with Crippen LogP contribution in [0.4, 0.5) is 0 Å². The largest absolute Gasteiger partial charge is 0.492 e. The Morgan fingerprint density at radius 2 is 2.06 bits per heavy atom. The van der Waals surface area contributed by atoms with Crippen molar-refractivity contribution in [2.24, 2.45) is 5.92 Å². The molecule has 0 saturated carbocycles. The highest BCUT2D eigenvalue weighted by atomic mass is 16.5. The average Bonchev–Trinajstić information content (AvgIpc) is 2.33. The van der Waals surface area contributed by atoms with E-state index in [-0.39, 0.29) is 0 Å². The summed E-state index contributed by atoms with van der Waals surface area (Å²) in [4.78, 5) is 0. The number of aryl methyl sites for hydroxylation is 1. The van der Waals surface area contributed by atoms with Crippen molar-refractivity contribution >= 4 is 0 Å². The van der Waals surface area contributed by atoms with Crippen LogP contribution >= 0.6 is 0 Å². The molecular formula is C15H25NO2. The first-order chi connectivity index (χ1) is 8.63. The second-order valence-corrected chi connectivity index (χ2v) is 4.92. The molecule has 0 aromatic heterocycles. The maximum Gasteiger partial charge on any atom is 0.119 e. The molecule has 0 aliphatic heterocycles. The molecular weight excluding hydrogens is 226 g/mol. The minimum atomic E-state index is 0.385. The van der Waals surface area contributed by atoms with E-state index in [0.717, 1.165) is 18.9 Å². The van der Waals surface area contributed by atoms with Crippen LogP contribution in [0.1, 0.15) is 19.4 Å². The van der Waals surface area contributed by atoms with Gasteiger partial charge in [-0.05, 0) is 30.5 Å². The van der Waals surface area contributed by atoms with Crippen molar-refractivity contribution in [1.29, 1.82) is 0 Å². The number of methoxy groups -OCH3 is 1. The Balaban J connectivity index is 2.25. The van der Waals surface area contributed by atoms with Crippen molar-refractivity contribution in [2.75, 3.05) is 26.9 Å². The molecule has 0 radical (unpaired) electrons. The van der Waals surface area contributed by atoms with Crippen molar-refractivity contribution in [3.8, 4) is 5.75 Å². The second kappa shape index (κ2) is 8.11. The highest BCUT2D eigenvalue weighted by Crippen LogP contribution is 2.11. The summed E-state index contributed by atoms with van der Waals surface area (Å²) >= 11 is 0. The predicted molar refractivity (Wildman–Crippen MR) is 75.2 cm³/mol. The lowest BCUT2D eigenvalue weighted by molar-refractivity contribution is 0.144. The van der Waals surface area contributed by atoms with Crippen LogP contribution in [0.15, 0.2) is 24.3 Å². The van der Waals surface area contributed by atoms with Gasteiger partial charge in [0.2, 0.25) is 0 Å². The lowest BCUT2D eigenvalue weighted by atomic mass is 10.1. The molecule has 3 heteroatoms. The van der Waals surface area contributed by atoms with E-state index in [2.05, 4.69) is 38.2 Å². The minimum absolute atomic E-state index is 0.385. The molecule has 0 amide bonds. The van der Waals surface area contributed by atoms with E-state index in [1.807, 2.05) is 12.1 Å². The Labute approximate surface area is 110 Å². The van der Waals surface area contributed by atoms with E-state index >= 15 is 0 Å². The molecule has 1 atom stereocenters. The van der Waals surface area contributed by atoms with Crippen molar-refractivity contribution in [3.63, 3.8) is 0 Å². The molecule has 1 aromatic carbocycles. The van der Waals surface area contributed by atoms with Crippen LogP contribution in [0.5, 0.6) is 5.75 Å². The summed E-state index contributed by atoms with van der Waals surface area (Å²) in [7, 11) is 1.74. The summed E-state index contributed by atoms with van der Waals surface area (Å²) in [6.07, 6.45) is 0. The fourth-order valence-electron chi connectivity index (χ4n) is 1.78. The minimum Gasteiger partial charge on any atom is -0.492 e. The summed E-state index contributed by atoms with van der Waals surface area (Å²) < 4.78 is 10.9. The number of hydrogen-bond acceptors (Lipinski definition) is 3. The van der Waals surface area contributed by atoms with E-state index in [9.17, 15) is 0 Å². The summed E-state index contributed by atoms with van der Waals surface area (Å²) in [5.74, 6) is 1.49. The number of rotatable bonds is 8. The zero-order valence-electron chi connectivity index (χ0n) is 11.9. The van der Waals surface area contributed by atoms with Gasteiger partial charge >= 0.3 is 0 Å². The van der Waals surface area contributed by atoms with Gasteiger partial charge in [0, 0.05) is 19.7 Å². The topological polar surface area (TPSA) is 30.5 Å². The zero-order chi connectivity index (χ0) is 13.4. The monoisotopic (exact) mass is 251 g/mol. The van der Waals surface area contributed by atoms with Crippen LogP contribution in [0.2, 0.25) is 0 Å². The fraction of sp³-hybridized carbons (Fsp3) is 0.600. The highest BCUT2D eigenvalue weighted by Gasteiger charge is 2.11. The highest BCUT2D eigenvalue weighted by molar-refractivity contribution is 5.27. The molecule has 0 fully saturated rings. The summed E-state index contributed by atoms with van der Waals surface area (Å²) in [5, 5.41) is 3.45. The second-order valence-electron chi connectivity index (χ2n) is 4.92. The Bertz CT molecular complexity index is 339. The third kappa shape index (κ3) is 5.52. The molecule has 0 saturated heterocycles. The van der Waals surface area contributed by atoms with Crippen molar-refractivity contribution in [3.05, 3.63) is 29.8 Å². The van der Waals surface area contributed by atoms with E-state index in [4.69, 9.17) is 9.47 Å². The third-order valence-electron chi connectivity index (χ3n) is 2.92. The van der Waals surface area contributed by atoms with Gasteiger partial charge in [-0.15, -0.1) is 0 Å². The van der Waals surface area contributed by atoms with Gasteiger partial charge < -0.3 is 14.8 Å². The maximum absolute atomic E-state index is 5.69. The van der Waals surface area contributed by atoms with Crippen LogP contribution in [-0.2, 0) is 4.74 Å². The Morgan fingerprint density at radius 1 is 1.28 bits per heavy atom. The first kappa shape index (κ1) is 15.0. The first-order valence-corrected chi connectivity index (χ1v) is 6.55. The molecule has 102 valence electrons.